The molecule has 1 heterocycles. The first-order valence-corrected chi connectivity index (χ1v) is 4.66. The van der Waals surface area contributed by atoms with Crippen molar-refractivity contribution < 1.29 is 5.11 Å². The Morgan fingerprint density at radius 1 is 1.82 bits per heavy atom. The summed E-state index contributed by atoms with van der Waals surface area (Å²) in [7, 11) is 0. The summed E-state index contributed by atoms with van der Waals surface area (Å²) in [5, 5.41) is 13.3. The molecular weight excluding hydrogens is 255 g/mol. The summed E-state index contributed by atoms with van der Waals surface area (Å²) in [5.74, 6) is 0. The molecule has 1 rings (SSSR count). The van der Waals surface area contributed by atoms with Gasteiger partial charge in [0.2, 0.25) is 0 Å². The molecule has 1 atom stereocenters. The van der Waals surface area contributed by atoms with Gasteiger partial charge in [0.15, 0.2) is 0 Å². The fourth-order valence-corrected chi connectivity index (χ4v) is 1.23. The van der Waals surface area contributed by atoms with Crippen LogP contribution in [-0.4, -0.2) is 21.0 Å². The number of nitrogens with zero attached hydrogens (tertiary/aromatic N) is 2. The lowest BCUT2D eigenvalue weighted by atomic mass is 10.3. The molecule has 1 aromatic rings. The van der Waals surface area contributed by atoms with Crippen LogP contribution in [0.5, 0.6) is 0 Å². The molecule has 11 heavy (non-hydrogen) atoms. The van der Waals surface area contributed by atoms with Crippen LogP contribution in [0.15, 0.2) is 12.4 Å². The third-order valence-corrected chi connectivity index (χ3v) is 2.03. The van der Waals surface area contributed by atoms with Gasteiger partial charge < -0.3 is 5.11 Å². The largest absolute Gasteiger partial charge is 0.391 e. The lowest BCUT2D eigenvalue weighted by Gasteiger charge is -2.06. The number of aliphatic hydroxyl groups excluding tert-OH is 1. The summed E-state index contributed by atoms with van der Waals surface area (Å²) in [6, 6.07) is 0. The van der Waals surface area contributed by atoms with Gasteiger partial charge in [0.25, 0.3) is 0 Å². The second kappa shape index (κ2) is 4.06. The van der Waals surface area contributed by atoms with E-state index in [9.17, 15) is 5.11 Å². The Morgan fingerprint density at radius 3 is 3.00 bits per heavy atom. The number of rotatable bonds is 3. The zero-order valence-corrected chi connectivity index (χ0v) is 8.52. The zero-order chi connectivity index (χ0) is 8.27. The van der Waals surface area contributed by atoms with Crippen molar-refractivity contribution in [2.24, 2.45) is 0 Å². The van der Waals surface area contributed by atoms with Crippen LogP contribution in [0.2, 0.25) is 0 Å². The van der Waals surface area contributed by atoms with Crippen molar-refractivity contribution in [3.63, 3.8) is 0 Å². The molecule has 1 N–H and O–H groups in total. The first kappa shape index (κ1) is 8.99. The molecule has 0 aromatic carbocycles. The van der Waals surface area contributed by atoms with Gasteiger partial charge in [-0.3, -0.25) is 4.68 Å². The van der Waals surface area contributed by atoms with Gasteiger partial charge in [-0.05, 0) is 29.0 Å². The average molecular weight is 266 g/mol. The molecule has 0 aliphatic carbocycles. The van der Waals surface area contributed by atoms with Crippen LogP contribution in [0.1, 0.15) is 13.3 Å². The number of hydrogen-bond donors (Lipinski definition) is 1. The van der Waals surface area contributed by atoms with Crippen molar-refractivity contribution in [1.29, 1.82) is 0 Å². The van der Waals surface area contributed by atoms with E-state index in [2.05, 4.69) is 27.7 Å². The lowest BCUT2D eigenvalue weighted by Crippen LogP contribution is -2.14. The summed E-state index contributed by atoms with van der Waals surface area (Å²) in [4.78, 5) is 0. The molecule has 0 fully saturated rings. The molecule has 0 aliphatic rings. The predicted molar refractivity (Wildman–Crippen MR) is 51.2 cm³/mol. The van der Waals surface area contributed by atoms with Crippen LogP contribution in [0.4, 0.5) is 0 Å². The highest BCUT2D eigenvalue weighted by molar-refractivity contribution is 14.1. The lowest BCUT2D eigenvalue weighted by molar-refractivity contribution is 0.145. The maximum Gasteiger partial charge on any atom is 0.0733 e. The molecule has 62 valence electrons. The Labute approximate surface area is 79.6 Å². The van der Waals surface area contributed by atoms with E-state index in [-0.39, 0.29) is 6.10 Å². The molecule has 0 spiro atoms. The summed E-state index contributed by atoms with van der Waals surface area (Å²) in [5.41, 5.74) is 0. The smallest absolute Gasteiger partial charge is 0.0733 e. The van der Waals surface area contributed by atoms with E-state index in [0.717, 1.165) is 9.99 Å². The normalized spacial score (nSPS) is 13.4. The first-order valence-electron chi connectivity index (χ1n) is 3.58. The van der Waals surface area contributed by atoms with Gasteiger partial charge in [-0.15, -0.1) is 0 Å². The molecule has 0 amide bonds. The molecule has 0 saturated heterocycles. The Hall–Kier alpha value is -0.100. The van der Waals surface area contributed by atoms with Gasteiger partial charge in [0.05, 0.1) is 22.4 Å². The van der Waals surface area contributed by atoms with E-state index in [0.29, 0.717) is 6.54 Å². The molecule has 0 saturated carbocycles. The maximum atomic E-state index is 9.26. The molecule has 0 radical (unpaired) electrons. The van der Waals surface area contributed by atoms with Gasteiger partial charge in [-0.25, -0.2) is 0 Å². The van der Waals surface area contributed by atoms with E-state index in [4.69, 9.17) is 0 Å². The van der Waals surface area contributed by atoms with Gasteiger partial charge in [0, 0.05) is 6.20 Å². The van der Waals surface area contributed by atoms with Crippen molar-refractivity contribution in [2.45, 2.75) is 26.0 Å². The third kappa shape index (κ3) is 2.78. The minimum Gasteiger partial charge on any atom is -0.391 e. The van der Waals surface area contributed by atoms with E-state index >= 15 is 0 Å². The van der Waals surface area contributed by atoms with Gasteiger partial charge in [0.1, 0.15) is 0 Å². The predicted octanol–water partition coefficient (Wildman–Crippen LogP) is 1.26. The first-order chi connectivity index (χ1) is 5.22. The summed E-state index contributed by atoms with van der Waals surface area (Å²) >= 11 is 2.19. The molecule has 4 heteroatoms. The minimum absolute atomic E-state index is 0.273. The number of hydrogen-bond acceptors (Lipinski definition) is 2. The second-order valence-corrected chi connectivity index (χ2v) is 3.69. The zero-order valence-electron chi connectivity index (χ0n) is 6.37. The molecule has 3 nitrogen and oxygen atoms in total. The van der Waals surface area contributed by atoms with Crippen LogP contribution >= 0.6 is 22.6 Å². The number of aromatic nitrogens is 2. The van der Waals surface area contributed by atoms with E-state index in [1.807, 2.05) is 13.1 Å². The quantitative estimate of drug-likeness (QED) is 0.836. The van der Waals surface area contributed by atoms with E-state index < -0.39 is 0 Å². The van der Waals surface area contributed by atoms with Crippen molar-refractivity contribution in [3.05, 3.63) is 16.0 Å². The Bertz CT molecular complexity index is 224. The van der Waals surface area contributed by atoms with E-state index in [1.165, 1.54) is 0 Å². The highest BCUT2D eigenvalue weighted by Gasteiger charge is 2.02. The van der Waals surface area contributed by atoms with Gasteiger partial charge >= 0.3 is 0 Å². The molecule has 0 aliphatic heterocycles. The van der Waals surface area contributed by atoms with Crippen molar-refractivity contribution >= 4 is 22.6 Å². The Balaban J connectivity index is 2.50. The topological polar surface area (TPSA) is 38.0 Å². The van der Waals surface area contributed by atoms with E-state index in [1.54, 1.807) is 10.9 Å². The van der Waals surface area contributed by atoms with Gasteiger partial charge in [-0.1, -0.05) is 6.92 Å². The van der Waals surface area contributed by atoms with Crippen molar-refractivity contribution in [3.8, 4) is 0 Å². The average Bonchev–Trinajstić information content (AvgIpc) is 2.35. The van der Waals surface area contributed by atoms with Crippen LogP contribution in [0.3, 0.4) is 0 Å². The second-order valence-electron chi connectivity index (χ2n) is 2.44. The number of halogens is 1. The SMILES string of the molecule is CCC(O)Cn1cc(I)cn1. The summed E-state index contributed by atoms with van der Waals surface area (Å²) in [6.45, 7) is 2.55. The Morgan fingerprint density at radius 2 is 2.55 bits per heavy atom. The third-order valence-electron chi connectivity index (χ3n) is 1.47. The van der Waals surface area contributed by atoms with Gasteiger partial charge in [-0.2, -0.15) is 5.10 Å². The highest BCUT2D eigenvalue weighted by atomic mass is 127. The standard InChI is InChI=1S/C7H11IN2O/c1-2-7(11)5-10-4-6(8)3-9-10/h3-4,7,11H,2,5H2,1H3. The summed E-state index contributed by atoms with van der Waals surface area (Å²) in [6.07, 6.45) is 4.20. The van der Waals surface area contributed by atoms with Crippen LogP contribution < -0.4 is 0 Å². The highest BCUT2D eigenvalue weighted by Crippen LogP contribution is 2.02. The summed E-state index contributed by atoms with van der Waals surface area (Å²) < 4.78 is 2.86. The fraction of sp³-hybridized carbons (Fsp3) is 0.571. The molecular formula is C7H11IN2O. The van der Waals surface area contributed by atoms with Crippen molar-refractivity contribution in [2.75, 3.05) is 0 Å². The number of aliphatic hydroxyl groups is 1. The molecule has 1 unspecified atom stereocenters. The van der Waals surface area contributed by atoms with Crippen molar-refractivity contribution in [1.82, 2.24) is 9.78 Å². The van der Waals surface area contributed by atoms with Crippen LogP contribution in [-0.2, 0) is 6.54 Å². The monoisotopic (exact) mass is 266 g/mol. The molecule has 1 aromatic heterocycles. The fourth-order valence-electron chi connectivity index (χ4n) is 0.783. The van der Waals surface area contributed by atoms with Crippen LogP contribution in [0, 0.1) is 3.57 Å². The molecule has 0 bridgehead atoms. The minimum atomic E-state index is -0.273. The van der Waals surface area contributed by atoms with Crippen LogP contribution in [0.25, 0.3) is 0 Å². The Kier molecular flexibility index (Phi) is 3.32. The maximum absolute atomic E-state index is 9.26.